The monoisotopic (exact) mass is 360 g/mol. The van der Waals surface area contributed by atoms with E-state index in [0.717, 1.165) is 29.4 Å². The number of hydrogen-bond acceptors (Lipinski definition) is 4. The number of rotatable bonds is 6. The molecule has 1 aliphatic rings. The molecule has 4 nitrogen and oxygen atoms in total. The predicted molar refractivity (Wildman–Crippen MR) is 102 cm³/mol. The molecule has 0 spiro atoms. The summed E-state index contributed by atoms with van der Waals surface area (Å²) >= 11 is 7.13. The molecule has 0 radical (unpaired) electrons. The first kappa shape index (κ1) is 16.9. The van der Waals surface area contributed by atoms with Gasteiger partial charge in [-0.25, -0.2) is 0 Å². The van der Waals surface area contributed by atoms with Crippen LogP contribution in [0.1, 0.15) is 11.1 Å². The molecule has 2 aromatic rings. The van der Waals surface area contributed by atoms with Crippen LogP contribution in [0.2, 0.25) is 0 Å². The standard InChI is InChI=1S/C18H20N2O2S2/c1-13-2-5-15(6-3-13)24-9-8-19-18(23)20-11-14-4-7-16-17(10-14)22-12-21-16/h2-7,10H,8-9,11-12H2,1H3,(H2,19,20,23). The Kier molecular flexibility index (Phi) is 5.82. The van der Waals surface area contributed by atoms with Crippen molar-refractivity contribution in [1.82, 2.24) is 10.6 Å². The third kappa shape index (κ3) is 4.79. The Morgan fingerprint density at radius 3 is 2.71 bits per heavy atom. The van der Waals surface area contributed by atoms with Crippen LogP contribution >= 0.6 is 24.0 Å². The van der Waals surface area contributed by atoms with Crippen LogP contribution in [0.3, 0.4) is 0 Å². The van der Waals surface area contributed by atoms with E-state index in [9.17, 15) is 0 Å². The van der Waals surface area contributed by atoms with Gasteiger partial charge in [-0.2, -0.15) is 0 Å². The zero-order chi connectivity index (χ0) is 16.8. The summed E-state index contributed by atoms with van der Waals surface area (Å²) in [6.45, 7) is 3.88. The van der Waals surface area contributed by atoms with E-state index in [1.54, 1.807) is 0 Å². The van der Waals surface area contributed by atoms with Crippen molar-refractivity contribution in [3.63, 3.8) is 0 Å². The maximum absolute atomic E-state index is 5.37. The molecule has 2 aromatic carbocycles. The minimum absolute atomic E-state index is 0.296. The molecular formula is C18H20N2O2S2. The molecule has 126 valence electrons. The van der Waals surface area contributed by atoms with Crippen molar-refractivity contribution in [3.05, 3.63) is 53.6 Å². The van der Waals surface area contributed by atoms with Crippen molar-refractivity contribution >= 4 is 29.1 Å². The molecule has 0 saturated heterocycles. The molecule has 3 rings (SSSR count). The second-order valence-electron chi connectivity index (χ2n) is 5.46. The van der Waals surface area contributed by atoms with Crippen molar-refractivity contribution in [3.8, 4) is 11.5 Å². The number of hydrogen-bond donors (Lipinski definition) is 2. The van der Waals surface area contributed by atoms with Gasteiger partial charge in [0.25, 0.3) is 0 Å². The largest absolute Gasteiger partial charge is 0.454 e. The lowest BCUT2D eigenvalue weighted by atomic mass is 10.2. The summed E-state index contributed by atoms with van der Waals surface area (Å²) in [4.78, 5) is 1.28. The molecular weight excluding hydrogens is 340 g/mol. The van der Waals surface area contributed by atoms with Crippen LogP contribution in [-0.4, -0.2) is 24.2 Å². The van der Waals surface area contributed by atoms with Gasteiger partial charge in [-0.05, 0) is 49.0 Å². The maximum atomic E-state index is 5.37. The minimum atomic E-state index is 0.296. The highest BCUT2D eigenvalue weighted by molar-refractivity contribution is 7.99. The molecule has 24 heavy (non-hydrogen) atoms. The second kappa shape index (κ2) is 8.26. The Labute approximate surface area is 151 Å². The number of benzene rings is 2. The van der Waals surface area contributed by atoms with Gasteiger partial charge in [-0.1, -0.05) is 23.8 Å². The molecule has 1 aliphatic heterocycles. The number of thioether (sulfide) groups is 1. The smallest absolute Gasteiger partial charge is 0.231 e. The molecule has 0 saturated carbocycles. The molecule has 6 heteroatoms. The summed E-state index contributed by atoms with van der Waals surface area (Å²) in [6.07, 6.45) is 0. The summed E-state index contributed by atoms with van der Waals surface area (Å²) in [5, 5.41) is 7.11. The maximum Gasteiger partial charge on any atom is 0.231 e. The van der Waals surface area contributed by atoms with Crippen molar-refractivity contribution < 1.29 is 9.47 Å². The first-order valence-electron chi connectivity index (χ1n) is 7.80. The van der Waals surface area contributed by atoms with Gasteiger partial charge >= 0.3 is 0 Å². The van der Waals surface area contributed by atoms with Crippen LogP contribution in [0.25, 0.3) is 0 Å². The lowest BCUT2D eigenvalue weighted by molar-refractivity contribution is 0.174. The number of thiocarbonyl (C=S) groups is 1. The molecule has 0 aromatic heterocycles. The second-order valence-corrected chi connectivity index (χ2v) is 7.04. The predicted octanol–water partition coefficient (Wildman–Crippen LogP) is 3.48. The highest BCUT2D eigenvalue weighted by Crippen LogP contribution is 2.32. The van der Waals surface area contributed by atoms with E-state index in [0.29, 0.717) is 18.5 Å². The van der Waals surface area contributed by atoms with Gasteiger partial charge in [-0.15, -0.1) is 11.8 Å². The van der Waals surface area contributed by atoms with Crippen molar-refractivity contribution in [2.45, 2.75) is 18.4 Å². The molecule has 0 aliphatic carbocycles. The van der Waals surface area contributed by atoms with E-state index in [1.165, 1.54) is 10.5 Å². The van der Waals surface area contributed by atoms with Gasteiger partial charge in [0.2, 0.25) is 6.79 Å². The number of nitrogens with one attached hydrogen (secondary N) is 2. The van der Waals surface area contributed by atoms with Crippen LogP contribution in [0.15, 0.2) is 47.4 Å². The van der Waals surface area contributed by atoms with Crippen LogP contribution in [0, 0.1) is 6.92 Å². The van der Waals surface area contributed by atoms with Gasteiger partial charge in [0.05, 0.1) is 0 Å². The molecule has 0 atom stereocenters. The van der Waals surface area contributed by atoms with E-state index < -0.39 is 0 Å². The van der Waals surface area contributed by atoms with Gasteiger partial charge in [0, 0.05) is 23.7 Å². The number of ether oxygens (including phenoxy) is 2. The average Bonchev–Trinajstić information content (AvgIpc) is 3.06. The minimum Gasteiger partial charge on any atom is -0.454 e. The molecule has 0 fully saturated rings. The van der Waals surface area contributed by atoms with Crippen molar-refractivity contribution in [2.24, 2.45) is 0 Å². The van der Waals surface area contributed by atoms with E-state index in [4.69, 9.17) is 21.7 Å². The highest BCUT2D eigenvalue weighted by Gasteiger charge is 2.12. The number of aryl methyl sites for hydroxylation is 1. The fraction of sp³-hybridized carbons (Fsp3) is 0.278. The molecule has 0 bridgehead atoms. The number of fused-ring (bicyclic) bond motifs is 1. The zero-order valence-corrected chi connectivity index (χ0v) is 15.1. The van der Waals surface area contributed by atoms with Gasteiger partial charge in [0.1, 0.15) is 0 Å². The normalized spacial score (nSPS) is 12.0. The van der Waals surface area contributed by atoms with Gasteiger partial charge in [0.15, 0.2) is 16.6 Å². The van der Waals surface area contributed by atoms with Gasteiger partial charge in [-0.3, -0.25) is 0 Å². The van der Waals surface area contributed by atoms with E-state index in [2.05, 4.69) is 41.8 Å². The Morgan fingerprint density at radius 2 is 1.88 bits per heavy atom. The molecule has 1 heterocycles. The van der Waals surface area contributed by atoms with Crippen LogP contribution in [0.5, 0.6) is 11.5 Å². The van der Waals surface area contributed by atoms with Crippen LogP contribution in [-0.2, 0) is 6.54 Å². The van der Waals surface area contributed by atoms with E-state index in [1.807, 2.05) is 30.0 Å². The highest BCUT2D eigenvalue weighted by atomic mass is 32.2. The van der Waals surface area contributed by atoms with E-state index >= 15 is 0 Å². The summed E-state index contributed by atoms with van der Waals surface area (Å²) in [6, 6.07) is 14.5. The quantitative estimate of drug-likeness (QED) is 0.467. The zero-order valence-electron chi connectivity index (χ0n) is 13.5. The lowest BCUT2D eigenvalue weighted by Gasteiger charge is -2.11. The first-order valence-corrected chi connectivity index (χ1v) is 9.20. The van der Waals surface area contributed by atoms with Crippen LogP contribution in [0.4, 0.5) is 0 Å². The Hall–Kier alpha value is -1.92. The molecule has 0 unspecified atom stereocenters. The summed E-state index contributed by atoms with van der Waals surface area (Å²) in [7, 11) is 0. The Balaban J connectivity index is 1.34. The fourth-order valence-corrected chi connectivity index (χ4v) is 3.21. The van der Waals surface area contributed by atoms with Crippen LogP contribution < -0.4 is 20.1 Å². The third-order valence-corrected chi connectivity index (χ3v) is 4.87. The first-order chi connectivity index (χ1) is 11.7. The lowest BCUT2D eigenvalue weighted by Crippen LogP contribution is -2.35. The van der Waals surface area contributed by atoms with E-state index in [-0.39, 0.29) is 0 Å². The van der Waals surface area contributed by atoms with Gasteiger partial charge < -0.3 is 20.1 Å². The van der Waals surface area contributed by atoms with Crippen molar-refractivity contribution in [2.75, 3.05) is 19.1 Å². The molecule has 2 N–H and O–H groups in total. The Bertz CT molecular complexity index is 705. The van der Waals surface area contributed by atoms with Crippen molar-refractivity contribution in [1.29, 1.82) is 0 Å². The third-order valence-electron chi connectivity index (χ3n) is 3.57. The average molecular weight is 361 g/mol. The Morgan fingerprint density at radius 1 is 1.08 bits per heavy atom. The summed E-state index contributed by atoms with van der Waals surface area (Å²) in [5.74, 6) is 2.56. The molecule has 0 amide bonds. The SMILES string of the molecule is Cc1ccc(SCCNC(=S)NCc2ccc3c(c2)OCO3)cc1. The topological polar surface area (TPSA) is 42.5 Å². The summed E-state index contributed by atoms with van der Waals surface area (Å²) in [5.41, 5.74) is 2.39. The summed E-state index contributed by atoms with van der Waals surface area (Å²) < 4.78 is 10.7. The fourth-order valence-electron chi connectivity index (χ4n) is 2.26.